The molecule has 2 aromatic rings. The molecule has 4 atom stereocenters. The largest absolute Gasteiger partial charge is 0.487 e. The third-order valence-electron chi connectivity index (χ3n) is 7.37. The molecule has 13 heteroatoms. The van der Waals surface area contributed by atoms with Crippen molar-refractivity contribution in [1.29, 1.82) is 0 Å². The number of ether oxygens (including phenoxy) is 3. The summed E-state index contributed by atoms with van der Waals surface area (Å²) < 4.78 is 44.2. The van der Waals surface area contributed by atoms with Gasteiger partial charge in [0.15, 0.2) is 11.5 Å². The Hall–Kier alpha value is -3.80. The molecule has 0 heterocycles. The number of nitrogens with zero attached hydrogens (tertiary/aromatic N) is 2. The molecule has 2 aliphatic carbocycles. The van der Waals surface area contributed by atoms with Gasteiger partial charge in [0.2, 0.25) is 0 Å². The van der Waals surface area contributed by atoms with Crippen LogP contribution < -0.4 is 0 Å². The van der Waals surface area contributed by atoms with Crippen LogP contribution in [-0.2, 0) is 25.3 Å². The quantitative estimate of drug-likeness (QED) is 0.139. The fourth-order valence-electron chi connectivity index (χ4n) is 5.38. The van der Waals surface area contributed by atoms with Gasteiger partial charge in [-0.1, -0.05) is 47.5 Å². The summed E-state index contributed by atoms with van der Waals surface area (Å²) in [5, 5.41) is 25.5. The van der Waals surface area contributed by atoms with Crippen molar-refractivity contribution < 1.29 is 32.8 Å². The predicted octanol–water partition coefficient (Wildman–Crippen LogP) is 7.05. The summed E-state index contributed by atoms with van der Waals surface area (Å²) in [7, 11) is 0. The molecule has 0 radical (unpaired) electrons. The molecule has 2 aromatic carbocycles. The third kappa shape index (κ3) is 5.64. The number of nitro groups is 2. The number of hydrogen-bond acceptors (Lipinski definition) is 7. The van der Waals surface area contributed by atoms with E-state index in [0.29, 0.717) is 0 Å². The summed E-state index contributed by atoms with van der Waals surface area (Å²) in [5.41, 5.74) is -3.36. The zero-order valence-corrected chi connectivity index (χ0v) is 24.7. The summed E-state index contributed by atoms with van der Waals surface area (Å²) in [6.07, 6.45) is 3.57. The van der Waals surface area contributed by atoms with Crippen molar-refractivity contribution in [3.05, 3.63) is 137 Å². The lowest BCUT2D eigenvalue weighted by Gasteiger charge is -2.36. The van der Waals surface area contributed by atoms with Crippen molar-refractivity contribution in [2.75, 3.05) is 26.6 Å². The number of rotatable bonds is 12. The average molecular weight is 637 g/mol. The number of halogens is 4. The van der Waals surface area contributed by atoms with Crippen LogP contribution in [0.5, 0.6) is 0 Å². The molecule has 228 valence electrons. The summed E-state index contributed by atoms with van der Waals surface area (Å²) in [6.45, 7) is 0.369. The van der Waals surface area contributed by atoms with Gasteiger partial charge < -0.3 is 14.2 Å². The van der Waals surface area contributed by atoms with Crippen LogP contribution in [0.2, 0.25) is 10.0 Å². The highest BCUT2D eigenvalue weighted by atomic mass is 35.5. The zero-order chi connectivity index (χ0) is 31.4. The van der Waals surface area contributed by atoms with Gasteiger partial charge in [0, 0.05) is 33.1 Å². The van der Waals surface area contributed by atoms with Gasteiger partial charge in [0.25, 0.3) is 0 Å². The number of hydrogen-bond donors (Lipinski definition) is 0. The number of benzene rings is 2. The Morgan fingerprint density at radius 3 is 1.44 bits per heavy atom. The van der Waals surface area contributed by atoms with Crippen molar-refractivity contribution in [3.63, 3.8) is 0 Å². The van der Waals surface area contributed by atoms with E-state index < -0.39 is 59.7 Å². The van der Waals surface area contributed by atoms with E-state index in [4.69, 9.17) is 37.4 Å². The third-order valence-corrected chi connectivity index (χ3v) is 8.03. The maximum Gasteiger partial charge on any atom is 0.322 e. The molecular weight excluding hydrogens is 609 g/mol. The van der Waals surface area contributed by atoms with Gasteiger partial charge in [0.05, 0.1) is 21.2 Å². The van der Waals surface area contributed by atoms with E-state index in [-0.39, 0.29) is 43.8 Å². The smallest absolute Gasteiger partial charge is 0.322 e. The monoisotopic (exact) mass is 636 g/mol. The van der Waals surface area contributed by atoms with E-state index in [1.165, 1.54) is 48.6 Å². The van der Waals surface area contributed by atoms with Crippen molar-refractivity contribution >= 4 is 23.2 Å². The van der Waals surface area contributed by atoms with Crippen molar-refractivity contribution in [1.82, 2.24) is 0 Å². The van der Waals surface area contributed by atoms with Gasteiger partial charge in [-0.15, -0.1) is 0 Å². The molecule has 0 aliphatic heterocycles. The predicted molar refractivity (Wildman–Crippen MR) is 156 cm³/mol. The Morgan fingerprint density at radius 2 is 1.12 bits per heavy atom. The molecule has 0 spiro atoms. The maximum atomic E-state index is 13.3. The van der Waals surface area contributed by atoms with E-state index in [1.807, 2.05) is 0 Å². The average Bonchev–Trinajstić information content (AvgIpc) is 2.98. The van der Waals surface area contributed by atoms with Gasteiger partial charge >= 0.3 is 11.1 Å². The molecule has 4 unspecified atom stereocenters. The van der Waals surface area contributed by atoms with Crippen LogP contribution >= 0.6 is 23.2 Å². The van der Waals surface area contributed by atoms with Crippen LogP contribution in [0, 0.1) is 20.2 Å². The minimum atomic E-state index is -2.06. The summed E-state index contributed by atoms with van der Waals surface area (Å²) in [6, 6.07) is 12.4. The Labute approximate surface area is 256 Å². The maximum absolute atomic E-state index is 13.3. The van der Waals surface area contributed by atoms with Gasteiger partial charge in [-0.2, -0.15) is 0 Å². The highest BCUT2D eigenvalue weighted by Crippen LogP contribution is 2.47. The normalized spacial score (nSPS) is 25.2. The van der Waals surface area contributed by atoms with Crippen molar-refractivity contribution in [2.24, 2.45) is 0 Å². The molecule has 0 saturated heterocycles. The SMILES string of the molecule is CC1=C(OCCF)C(c2ccccc2Cl)([N+](=O)[O-])C=CC1OC1C=CC(c2ccccc2Cl)([N+](=O)[O-])C(OCCF)=C1C. The summed E-state index contributed by atoms with van der Waals surface area (Å²) in [4.78, 5) is 24.2. The van der Waals surface area contributed by atoms with Crippen LogP contribution in [0.4, 0.5) is 8.78 Å². The standard InChI is InChI=1S/C30H28Cl2F2N2O7/c1-19-25(11-13-29(35(37)38,27(19)41-17-15-33)21-7-3-5-9-23(21)31)43-26-12-14-30(36(39)40,22-8-4-6-10-24(22)32)28(20(26)2)42-18-16-34/h3-14,25-26H,15-18H2,1-2H3. The summed E-state index contributed by atoms with van der Waals surface area (Å²) >= 11 is 12.8. The van der Waals surface area contributed by atoms with E-state index in [2.05, 4.69) is 0 Å². The van der Waals surface area contributed by atoms with E-state index in [0.717, 1.165) is 0 Å². The Balaban J connectivity index is 1.80. The van der Waals surface area contributed by atoms with Gasteiger partial charge in [-0.3, -0.25) is 20.2 Å². The van der Waals surface area contributed by atoms with Crippen molar-refractivity contribution in [3.8, 4) is 0 Å². The van der Waals surface area contributed by atoms with Crippen molar-refractivity contribution in [2.45, 2.75) is 37.1 Å². The molecule has 4 rings (SSSR count). The van der Waals surface area contributed by atoms with Crippen LogP contribution in [0.3, 0.4) is 0 Å². The fourth-order valence-corrected chi connectivity index (χ4v) is 5.94. The molecule has 0 saturated carbocycles. The Morgan fingerprint density at radius 1 is 0.744 bits per heavy atom. The lowest BCUT2D eigenvalue weighted by Crippen LogP contribution is -2.44. The van der Waals surface area contributed by atoms with Gasteiger partial charge in [-0.25, -0.2) is 8.78 Å². The topological polar surface area (TPSA) is 114 Å². The second-order valence-corrected chi connectivity index (χ2v) is 10.6. The lowest BCUT2D eigenvalue weighted by atomic mass is 9.80. The van der Waals surface area contributed by atoms with Crippen LogP contribution in [-0.4, -0.2) is 48.6 Å². The molecule has 2 aliphatic rings. The molecule has 0 amide bonds. The minimum absolute atomic E-state index is 0.108. The molecule has 0 fully saturated rings. The zero-order valence-electron chi connectivity index (χ0n) is 23.2. The first-order valence-electron chi connectivity index (χ1n) is 13.2. The van der Waals surface area contributed by atoms with E-state index in [9.17, 15) is 29.0 Å². The molecule has 0 aromatic heterocycles. The van der Waals surface area contributed by atoms with Crippen LogP contribution in [0.1, 0.15) is 25.0 Å². The number of alkyl halides is 2. The molecule has 9 nitrogen and oxygen atoms in total. The Bertz CT molecular complexity index is 1420. The second-order valence-electron chi connectivity index (χ2n) is 9.80. The molecule has 0 bridgehead atoms. The highest BCUT2D eigenvalue weighted by molar-refractivity contribution is 6.31. The molecule has 43 heavy (non-hydrogen) atoms. The van der Waals surface area contributed by atoms with Gasteiger partial charge in [-0.05, 0) is 50.3 Å². The first-order chi connectivity index (χ1) is 20.6. The van der Waals surface area contributed by atoms with Crippen LogP contribution in [0.15, 0.2) is 95.5 Å². The molecule has 0 N–H and O–H groups in total. The summed E-state index contributed by atoms with van der Waals surface area (Å²) in [5.74, 6) is -0.330. The minimum Gasteiger partial charge on any atom is -0.487 e. The first kappa shape index (κ1) is 32.1. The first-order valence-corrected chi connectivity index (χ1v) is 13.9. The van der Waals surface area contributed by atoms with Gasteiger partial charge in [0.1, 0.15) is 38.8 Å². The van der Waals surface area contributed by atoms with E-state index >= 15 is 0 Å². The fraction of sp³-hybridized carbons (Fsp3) is 0.333. The lowest BCUT2D eigenvalue weighted by molar-refractivity contribution is -0.558. The highest BCUT2D eigenvalue weighted by Gasteiger charge is 2.55. The Kier molecular flexibility index (Phi) is 9.89. The molecular formula is C30H28Cl2F2N2O7. The second kappa shape index (κ2) is 13.2. The van der Waals surface area contributed by atoms with Crippen LogP contribution in [0.25, 0.3) is 0 Å². The van der Waals surface area contributed by atoms with E-state index in [1.54, 1.807) is 38.1 Å².